The number of nitrogens with one attached hydrogen (secondary N) is 1. The van der Waals surface area contributed by atoms with Crippen molar-refractivity contribution in [3.8, 4) is 0 Å². The Morgan fingerprint density at radius 1 is 1.47 bits per heavy atom. The van der Waals surface area contributed by atoms with Crippen LogP contribution < -0.4 is 5.32 Å². The fraction of sp³-hybridized carbons (Fsp3) is 0.769. The van der Waals surface area contributed by atoms with Gasteiger partial charge < -0.3 is 10.4 Å². The molecule has 4 heteroatoms. The van der Waals surface area contributed by atoms with Gasteiger partial charge in [-0.2, -0.15) is 5.10 Å². The van der Waals surface area contributed by atoms with Gasteiger partial charge in [0.1, 0.15) is 0 Å². The van der Waals surface area contributed by atoms with Crippen LogP contribution >= 0.6 is 0 Å². The molecule has 1 heterocycles. The lowest BCUT2D eigenvalue weighted by Gasteiger charge is -2.22. The van der Waals surface area contributed by atoms with E-state index in [1.165, 1.54) is 5.56 Å². The third-order valence-electron chi connectivity index (χ3n) is 2.94. The van der Waals surface area contributed by atoms with Crippen molar-refractivity contribution in [3.05, 3.63) is 17.5 Å². The van der Waals surface area contributed by atoms with Crippen molar-refractivity contribution in [3.63, 3.8) is 0 Å². The van der Waals surface area contributed by atoms with Crippen molar-refractivity contribution >= 4 is 0 Å². The number of aliphatic hydroxyl groups is 1. The molecule has 0 saturated heterocycles. The number of aryl methyl sites for hydroxylation is 2. The van der Waals surface area contributed by atoms with E-state index in [4.69, 9.17) is 0 Å². The van der Waals surface area contributed by atoms with E-state index in [-0.39, 0.29) is 0 Å². The summed E-state index contributed by atoms with van der Waals surface area (Å²) >= 11 is 0. The normalized spacial score (nSPS) is 14.9. The molecule has 0 radical (unpaired) electrons. The van der Waals surface area contributed by atoms with Crippen molar-refractivity contribution in [2.24, 2.45) is 7.05 Å². The molecule has 1 atom stereocenters. The Labute approximate surface area is 104 Å². The zero-order valence-corrected chi connectivity index (χ0v) is 11.5. The highest BCUT2D eigenvalue weighted by Gasteiger charge is 2.18. The fourth-order valence-electron chi connectivity index (χ4n) is 2.12. The van der Waals surface area contributed by atoms with Crippen LogP contribution in [-0.2, 0) is 20.0 Å². The zero-order valence-electron chi connectivity index (χ0n) is 11.5. The Morgan fingerprint density at radius 2 is 2.18 bits per heavy atom. The van der Waals surface area contributed by atoms with Crippen molar-refractivity contribution in [1.82, 2.24) is 15.1 Å². The van der Waals surface area contributed by atoms with E-state index < -0.39 is 5.60 Å². The minimum Gasteiger partial charge on any atom is -0.389 e. The summed E-state index contributed by atoms with van der Waals surface area (Å²) in [7, 11) is 1.94. The van der Waals surface area contributed by atoms with E-state index >= 15 is 0 Å². The predicted octanol–water partition coefficient (Wildman–Crippen LogP) is 1.62. The molecule has 0 aromatic carbocycles. The maximum absolute atomic E-state index is 10.0. The molecule has 0 fully saturated rings. The molecule has 0 saturated carbocycles. The predicted molar refractivity (Wildman–Crippen MR) is 69.8 cm³/mol. The Balaban J connectivity index is 2.45. The second kappa shape index (κ2) is 6.17. The molecule has 0 amide bonds. The Kier molecular flexibility index (Phi) is 5.15. The SMILES string of the molecule is CCCC(C)(O)CNCc1cn(C)nc1CC. The average Bonchev–Trinajstić information content (AvgIpc) is 2.58. The highest BCUT2D eigenvalue weighted by atomic mass is 16.3. The minimum absolute atomic E-state index is 0.608. The van der Waals surface area contributed by atoms with E-state index in [9.17, 15) is 5.11 Å². The molecule has 0 bridgehead atoms. The summed E-state index contributed by atoms with van der Waals surface area (Å²) in [5.74, 6) is 0. The Morgan fingerprint density at radius 3 is 2.76 bits per heavy atom. The summed E-state index contributed by atoms with van der Waals surface area (Å²) in [5.41, 5.74) is 1.75. The molecule has 1 aromatic heterocycles. The second-order valence-electron chi connectivity index (χ2n) is 4.98. The van der Waals surface area contributed by atoms with Crippen molar-refractivity contribution < 1.29 is 5.11 Å². The van der Waals surface area contributed by atoms with Crippen LogP contribution in [0.1, 0.15) is 44.9 Å². The molecule has 1 unspecified atom stereocenters. The van der Waals surface area contributed by atoms with E-state index in [0.717, 1.165) is 31.5 Å². The molecule has 98 valence electrons. The molecule has 0 spiro atoms. The maximum atomic E-state index is 10.0. The van der Waals surface area contributed by atoms with Gasteiger partial charge in [0.05, 0.1) is 11.3 Å². The van der Waals surface area contributed by atoms with Crippen LogP contribution in [0.15, 0.2) is 6.20 Å². The van der Waals surface area contributed by atoms with Gasteiger partial charge in [0.25, 0.3) is 0 Å². The van der Waals surface area contributed by atoms with Crippen molar-refractivity contribution in [2.75, 3.05) is 6.54 Å². The van der Waals surface area contributed by atoms with Crippen molar-refractivity contribution in [1.29, 1.82) is 0 Å². The first kappa shape index (κ1) is 14.2. The standard InChI is InChI=1S/C13H25N3O/c1-5-7-13(3,17)10-14-8-11-9-16(4)15-12(11)6-2/h9,14,17H,5-8,10H2,1-4H3. The highest BCUT2D eigenvalue weighted by molar-refractivity contribution is 5.16. The number of hydrogen-bond acceptors (Lipinski definition) is 3. The molecule has 0 aliphatic rings. The second-order valence-corrected chi connectivity index (χ2v) is 4.98. The molecule has 4 nitrogen and oxygen atoms in total. The van der Waals surface area contributed by atoms with Crippen LogP contribution in [0.3, 0.4) is 0 Å². The van der Waals surface area contributed by atoms with E-state index in [1.54, 1.807) is 0 Å². The van der Waals surface area contributed by atoms with Crippen LogP contribution in [0.4, 0.5) is 0 Å². The van der Waals surface area contributed by atoms with E-state index in [2.05, 4.69) is 24.3 Å². The lowest BCUT2D eigenvalue weighted by molar-refractivity contribution is 0.0498. The molecule has 17 heavy (non-hydrogen) atoms. The van der Waals surface area contributed by atoms with Gasteiger partial charge in [-0.1, -0.05) is 20.3 Å². The third kappa shape index (κ3) is 4.48. The zero-order chi connectivity index (χ0) is 12.9. The summed E-state index contributed by atoms with van der Waals surface area (Å²) < 4.78 is 1.85. The summed E-state index contributed by atoms with van der Waals surface area (Å²) in [6, 6.07) is 0. The molecule has 1 aromatic rings. The van der Waals surface area contributed by atoms with Gasteiger partial charge in [-0.3, -0.25) is 4.68 Å². The van der Waals surface area contributed by atoms with Crippen LogP contribution in [0, 0.1) is 0 Å². The van der Waals surface area contributed by atoms with E-state index in [0.29, 0.717) is 6.54 Å². The lowest BCUT2D eigenvalue weighted by Crippen LogP contribution is -2.37. The van der Waals surface area contributed by atoms with Crippen LogP contribution in [-0.4, -0.2) is 27.0 Å². The molecule has 0 aliphatic carbocycles. The van der Waals surface area contributed by atoms with Gasteiger partial charge in [-0.05, 0) is 19.8 Å². The van der Waals surface area contributed by atoms with Gasteiger partial charge in [0, 0.05) is 31.9 Å². The first-order chi connectivity index (χ1) is 7.98. The molecular formula is C13H25N3O. The Hall–Kier alpha value is -0.870. The first-order valence-electron chi connectivity index (χ1n) is 6.43. The molecule has 1 rings (SSSR count). The number of rotatable bonds is 7. The topological polar surface area (TPSA) is 50.1 Å². The van der Waals surface area contributed by atoms with Gasteiger partial charge in [-0.15, -0.1) is 0 Å². The summed E-state index contributed by atoms with van der Waals surface area (Å²) in [6.07, 6.45) is 4.82. The van der Waals surface area contributed by atoms with Gasteiger partial charge >= 0.3 is 0 Å². The smallest absolute Gasteiger partial charge is 0.0743 e. The highest BCUT2D eigenvalue weighted by Crippen LogP contribution is 2.11. The quantitative estimate of drug-likeness (QED) is 0.760. The number of hydrogen-bond donors (Lipinski definition) is 2. The van der Waals surface area contributed by atoms with Gasteiger partial charge in [0.15, 0.2) is 0 Å². The summed E-state index contributed by atoms with van der Waals surface area (Å²) in [4.78, 5) is 0. The fourth-order valence-corrected chi connectivity index (χ4v) is 2.12. The average molecular weight is 239 g/mol. The molecule has 2 N–H and O–H groups in total. The Bertz CT molecular complexity index is 344. The monoisotopic (exact) mass is 239 g/mol. The van der Waals surface area contributed by atoms with Gasteiger partial charge in [-0.25, -0.2) is 0 Å². The lowest BCUT2D eigenvalue weighted by atomic mass is 10.0. The molecule has 0 aliphatic heterocycles. The summed E-state index contributed by atoms with van der Waals surface area (Å²) in [5, 5.41) is 17.7. The van der Waals surface area contributed by atoms with Crippen LogP contribution in [0.2, 0.25) is 0 Å². The maximum Gasteiger partial charge on any atom is 0.0743 e. The van der Waals surface area contributed by atoms with Crippen LogP contribution in [0.5, 0.6) is 0 Å². The number of nitrogens with zero attached hydrogens (tertiary/aromatic N) is 2. The summed E-state index contributed by atoms with van der Waals surface area (Å²) in [6.45, 7) is 7.48. The minimum atomic E-state index is -0.608. The van der Waals surface area contributed by atoms with Crippen molar-refractivity contribution in [2.45, 2.75) is 52.2 Å². The van der Waals surface area contributed by atoms with Gasteiger partial charge in [0.2, 0.25) is 0 Å². The van der Waals surface area contributed by atoms with Crippen LogP contribution in [0.25, 0.3) is 0 Å². The largest absolute Gasteiger partial charge is 0.389 e. The van der Waals surface area contributed by atoms with E-state index in [1.807, 2.05) is 24.9 Å². The number of aromatic nitrogens is 2. The molecular weight excluding hydrogens is 214 g/mol. The third-order valence-corrected chi connectivity index (χ3v) is 2.94. The first-order valence-corrected chi connectivity index (χ1v) is 6.43.